The summed E-state index contributed by atoms with van der Waals surface area (Å²) in [6.45, 7) is 0. The highest BCUT2D eigenvalue weighted by molar-refractivity contribution is 6.18. The number of rotatable bonds is 3. The van der Waals surface area contributed by atoms with Crippen LogP contribution in [0.25, 0.3) is 0 Å². The van der Waals surface area contributed by atoms with Crippen molar-refractivity contribution in [1.29, 1.82) is 0 Å². The lowest BCUT2D eigenvalue weighted by atomic mass is 10.1. The van der Waals surface area contributed by atoms with Crippen LogP contribution < -0.4 is 5.73 Å². The molecule has 0 aliphatic heterocycles. The van der Waals surface area contributed by atoms with E-state index in [1.807, 2.05) is 0 Å². The van der Waals surface area contributed by atoms with Crippen molar-refractivity contribution < 1.29 is 4.79 Å². The maximum absolute atomic E-state index is 10.8. The number of nitrogens with zero attached hydrogens (tertiary/aromatic N) is 1. The first-order chi connectivity index (χ1) is 5.75. The van der Waals surface area contributed by atoms with E-state index < -0.39 is 5.91 Å². The number of halogens is 1. The molecule has 0 saturated carbocycles. The highest BCUT2D eigenvalue weighted by Crippen LogP contribution is 2.05. The number of carbonyl (C=O) groups is 1. The van der Waals surface area contributed by atoms with Crippen LogP contribution in [-0.2, 0) is 6.42 Å². The second kappa shape index (κ2) is 4.07. The SMILES string of the molecule is NC(=O)c1cccnc1CCCl. The Morgan fingerprint density at radius 1 is 1.67 bits per heavy atom. The largest absolute Gasteiger partial charge is 0.366 e. The molecule has 0 aromatic carbocycles. The van der Waals surface area contributed by atoms with Crippen LogP contribution in [0, 0.1) is 0 Å². The highest BCUT2D eigenvalue weighted by atomic mass is 35.5. The van der Waals surface area contributed by atoms with Crippen LogP contribution in [-0.4, -0.2) is 16.8 Å². The maximum atomic E-state index is 10.8. The fourth-order valence-corrected chi connectivity index (χ4v) is 1.13. The van der Waals surface area contributed by atoms with Crippen molar-refractivity contribution >= 4 is 17.5 Å². The van der Waals surface area contributed by atoms with Gasteiger partial charge in [-0.25, -0.2) is 0 Å². The lowest BCUT2D eigenvalue weighted by molar-refractivity contribution is 0.0999. The summed E-state index contributed by atoms with van der Waals surface area (Å²) in [5, 5.41) is 0. The summed E-state index contributed by atoms with van der Waals surface area (Å²) < 4.78 is 0. The minimum Gasteiger partial charge on any atom is -0.366 e. The van der Waals surface area contributed by atoms with Gasteiger partial charge < -0.3 is 5.73 Å². The third-order valence-corrected chi connectivity index (χ3v) is 1.68. The van der Waals surface area contributed by atoms with Gasteiger partial charge in [-0.1, -0.05) is 0 Å². The number of alkyl halides is 1. The Balaban J connectivity index is 3.00. The van der Waals surface area contributed by atoms with E-state index in [1.54, 1.807) is 18.3 Å². The van der Waals surface area contributed by atoms with E-state index in [1.165, 1.54) is 0 Å². The number of aryl methyl sites for hydroxylation is 1. The molecule has 1 amide bonds. The monoisotopic (exact) mass is 184 g/mol. The fourth-order valence-electron chi connectivity index (χ4n) is 0.951. The van der Waals surface area contributed by atoms with Gasteiger partial charge >= 0.3 is 0 Å². The third kappa shape index (κ3) is 1.95. The molecule has 2 N–H and O–H groups in total. The molecule has 0 unspecified atom stereocenters. The number of hydrogen-bond acceptors (Lipinski definition) is 2. The van der Waals surface area contributed by atoms with Gasteiger partial charge in [-0.3, -0.25) is 9.78 Å². The van der Waals surface area contributed by atoms with E-state index in [-0.39, 0.29) is 0 Å². The normalized spacial score (nSPS) is 9.75. The number of hydrogen-bond donors (Lipinski definition) is 1. The van der Waals surface area contributed by atoms with Crippen LogP contribution in [0.5, 0.6) is 0 Å². The van der Waals surface area contributed by atoms with Gasteiger partial charge in [-0.15, -0.1) is 11.6 Å². The van der Waals surface area contributed by atoms with E-state index in [0.717, 1.165) is 0 Å². The summed E-state index contributed by atoms with van der Waals surface area (Å²) in [4.78, 5) is 14.8. The molecular weight excluding hydrogens is 176 g/mol. The molecule has 0 spiro atoms. The Bertz CT molecular complexity index is 288. The van der Waals surface area contributed by atoms with Crippen molar-refractivity contribution in [2.24, 2.45) is 5.73 Å². The molecule has 3 nitrogen and oxygen atoms in total. The summed E-state index contributed by atoms with van der Waals surface area (Å²) in [6, 6.07) is 3.33. The van der Waals surface area contributed by atoms with Gasteiger partial charge in [0.2, 0.25) is 0 Å². The predicted octanol–water partition coefficient (Wildman–Crippen LogP) is 0.962. The lowest BCUT2D eigenvalue weighted by Gasteiger charge is -2.01. The molecule has 1 rings (SSSR count). The molecule has 0 bridgehead atoms. The first kappa shape index (κ1) is 9.00. The quantitative estimate of drug-likeness (QED) is 0.712. The summed E-state index contributed by atoms with van der Waals surface area (Å²) in [5.74, 6) is -0.0136. The molecule has 4 heteroatoms. The number of nitrogens with two attached hydrogens (primary N) is 1. The van der Waals surface area contributed by atoms with Crippen LogP contribution in [0.4, 0.5) is 0 Å². The zero-order valence-electron chi connectivity index (χ0n) is 6.46. The molecule has 0 atom stereocenters. The predicted molar refractivity (Wildman–Crippen MR) is 47.2 cm³/mol. The third-order valence-electron chi connectivity index (χ3n) is 1.49. The van der Waals surface area contributed by atoms with Gasteiger partial charge in [0.05, 0.1) is 11.3 Å². The van der Waals surface area contributed by atoms with Gasteiger partial charge in [0, 0.05) is 18.5 Å². The Morgan fingerprint density at radius 3 is 3.00 bits per heavy atom. The van der Waals surface area contributed by atoms with E-state index >= 15 is 0 Å². The van der Waals surface area contributed by atoms with Crippen LogP contribution in [0.15, 0.2) is 18.3 Å². The fraction of sp³-hybridized carbons (Fsp3) is 0.250. The van der Waals surface area contributed by atoms with Gasteiger partial charge in [0.25, 0.3) is 5.91 Å². The lowest BCUT2D eigenvalue weighted by Crippen LogP contribution is -2.14. The molecule has 1 heterocycles. The molecule has 64 valence electrons. The summed E-state index contributed by atoms with van der Waals surface area (Å²) >= 11 is 5.52. The number of carbonyl (C=O) groups excluding carboxylic acids is 1. The van der Waals surface area contributed by atoms with Gasteiger partial charge in [-0.05, 0) is 12.1 Å². The number of amides is 1. The molecule has 1 aromatic heterocycles. The molecular formula is C8H9ClN2O. The Kier molecular flexibility index (Phi) is 3.05. The average Bonchev–Trinajstić information content (AvgIpc) is 2.05. The Labute approximate surface area is 75.6 Å². The summed E-state index contributed by atoms with van der Waals surface area (Å²) in [7, 11) is 0. The first-order valence-electron chi connectivity index (χ1n) is 3.55. The van der Waals surface area contributed by atoms with Crippen LogP contribution >= 0.6 is 11.6 Å². The van der Waals surface area contributed by atoms with Crippen LogP contribution in [0.1, 0.15) is 16.1 Å². The maximum Gasteiger partial charge on any atom is 0.250 e. The van der Waals surface area contributed by atoms with E-state index in [0.29, 0.717) is 23.6 Å². The number of aromatic nitrogens is 1. The Morgan fingerprint density at radius 2 is 2.42 bits per heavy atom. The van der Waals surface area contributed by atoms with E-state index in [4.69, 9.17) is 17.3 Å². The Hall–Kier alpha value is -1.09. The minimum absolute atomic E-state index is 0.442. The van der Waals surface area contributed by atoms with Crippen molar-refractivity contribution in [2.75, 3.05) is 5.88 Å². The van der Waals surface area contributed by atoms with Gasteiger partial charge in [-0.2, -0.15) is 0 Å². The first-order valence-corrected chi connectivity index (χ1v) is 4.09. The number of pyridine rings is 1. The second-order valence-corrected chi connectivity index (χ2v) is 2.68. The van der Waals surface area contributed by atoms with Crippen molar-refractivity contribution in [3.8, 4) is 0 Å². The zero-order valence-corrected chi connectivity index (χ0v) is 7.21. The van der Waals surface area contributed by atoms with Crippen LogP contribution in [0.3, 0.4) is 0 Å². The average molecular weight is 185 g/mol. The molecule has 0 saturated heterocycles. The molecule has 0 aliphatic rings. The number of primary amides is 1. The molecule has 0 aliphatic carbocycles. The summed E-state index contributed by atoms with van der Waals surface area (Å²) in [5.41, 5.74) is 6.25. The highest BCUT2D eigenvalue weighted by Gasteiger charge is 2.06. The molecule has 1 aromatic rings. The zero-order chi connectivity index (χ0) is 8.97. The van der Waals surface area contributed by atoms with Crippen LogP contribution in [0.2, 0.25) is 0 Å². The van der Waals surface area contributed by atoms with Gasteiger partial charge in [0.1, 0.15) is 0 Å². The molecule has 12 heavy (non-hydrogen) atoms. The van der Waals surface area contributed by atoms with E-state index in [9.17, 15) is 4.79 Å². The smallest absolute Gasteiger partial charge is 0.250 e. The van der Waals surface area contributed by atoms with Crippen molar-refractivity contribution in [2.45, 2.75) is 6.42 Å². The van der Waals surface area contributed by atoms with Crippen molar-refractivity contribution in [3.63, 3.8) is 0 Å². The minimum atomic E-state index is -0.455. The van der Waals surface area contributed by atoms with E-state index in [2.05, 4.69) is 4.98 Å². The van der Waals surface area contributed by atoms with Gasteiger partial charge in [0.15, 0.2) is 0 Å². The standard InChI is InChI=1S/C8H9ClN2O/c9-4-3-7-6(8(10)12)2-1-5-11-7/h1-2,5H,3-4H2,(H2,10,12). The second-order valence-electron chi connectivity index (χ2n) is 2.30. The van der Waals surface area contributed by atoms with Crippen molar-refractivity contribution in [1.82, 2.24) is 4.98 Å². The summed E-state index contributed by atoms with van der Waals surface area (Å²) in [6.07, 6.45) is 2.19. The molecule has 0 radical (unpaired) electrons. The topological polar surface area (TPSA) is 56.0 Å². The van der Waals surface area contributed by atoms with Crippen molar-refractivity contribution in [3.05, 3.63) is 29.6 Å². The molecule has 0 fully saturated rings.